The van der Waals surface area contributed by atoms with Crippen molar-refractivity contribution in [3.8, 4) is 17.6 Å². The van der Waals surface area contributed by atoms with Gasteiger partial charge in [-0.3, -0.25) is 14.4 Å². The van der Waals surface area contributed by atoms with Gasteiger partial charge in [0.05, 0.1) is 51.0 Å². The lowest BCUT2D eigenvalue weighted by Gasteiger charge is -2.27. The Bertz CT molecular complexity index is 1150. The molecule has 7 nitrogen and oxygen atoms in total. The number of methoxy groups -OCH3 is 1. The Labute approximate surface area is 264 Å². The van der Waals surface area contributed by atoms with Crippen molar-refractivity contribution >= 4 is 41.4 Å². The van der Waals surface area contributed by atoms with E-state index in [2.05, 4.69) is 19.9 Å². The molecule has 0 spiro atoms. The highest BCUT2D eigenvalue weighted by Crippen LogP contribution is 2.59. The molecule has 0 radical (unpaired) electrons. The summed E-state index contributed by atoms with van der Waals surface area (Å²) in [6, 6.07) is 5.51. The van der Waals surface area contributed by atoms with E-state index in [0.29, 0.717) is 37.4 Å². The molecule has 4 rings (SSSR count). The van der Waals surface area contributed by atoms with Gasteiger partial charge in [-0.25, -0.2) is 0 Å². The van der Waals surface area contributed by atoms with Crippen LogP contribution in [0.25, 0.3) is 0 Å². The summed E-state index contributed by atoms with van der Waals surface area (Å²) in [6.07, 6.45) is 14.6. The van der Waals surface area contributed by atoms with Gasteiger partial charge in [-0.2, -0.15) is 5.26 Å². The monoisotopic (exact) mass is 627 g/mol. The number of ether oxygens (including phenoxy) is 3. The summed E-state index contributed by atoms with van der Waals surface area (Å²) in [6.45, 7) is 4.41. The Morgan fingerprint density at radius 1 is 0.791 bits per heavy atom. The molecule has 3 aliphatic rings. The molecular formula is C34H45NO6S2. The number of carbonyl (C=O) groups excluding carboxylic acids is 3. The minimum atomic E-state index is -0.511. The van der Waals surface area contributed by atoms with E-state index in [0.717, 1.165) is 51.4 Å². The molecule has 234 valence electrons. The molecule has 1 heterocycles. The smallest absolute Gasteiger partial charge is 0.314 e. The molecule has 1 aromatic rings. The molecule has 0 saturated heterocycles. The van der Waals surface area contributed by atoms with Gasteiger partial charge in [-0.1, -0.05) is 75.9 Å². The number of hydrogen-bond donors (Lipinski definition) is 0. The molecule has 0 unspecified atom stereocenters. The molecular weight excluding hydrogens is 583 g/mol. The standard InChI is InChI=1S/C34H45NO6S2/c1-4-6-8-22-10-14-24(15-11-22)32(37)40-27-18-19-28(41-33(38)25-16-12-23(13-17-25)9-7-5-2)31-30(27)42-34(43-31)26(21-35)20-29(36)39-3/h18-19,22-25H,4-17,20H2,1-3H3. The second kappa shape index (κ2) is 16.6. The number of benzene rings is 1. The largest absolute Gasteiger partial charge is 0.469 e. The number of carbonyl (C=O) groups is 3. The van der Waals surface area contributed by atoms with Crippen molar-refractivity contribution in [3.63, 3.8) is 0 Å². The number of unbranched alkanes of at least 4 members (excludes halogenated alkanes) is 2. The predicted molar refractivity (Wildman–Crippen MR) is 169 cm³/mol. The number of nitriles is 1. The van der Waals surface area contributed by atoms with Crippen molar-refractivity contribution < 1.29 is 28.6 Å². The molecule has 2 fully saturated rings. The molecule has 0 atom stereocenters. The summed E-state index contributed by atoms with van der Waals surface area (Å²) in [7, 11) is 1.29. The Morgan fingerprint density at radius 3 is 1.60 bits per heavy atom. The van der Waals surface area contributed by atoms with E-state index in [1.165, 1.54) is 69.2 Å². The van der Waals surface area contributed by atoms with Crippen molar-refractivity contribution in [2.75, 3.05) is 7.11 Å². The number of esters is 3. The maximum Gasteiger partial charge on any atom is 0.314 e. The molecule has 2 saturated carbocycles. The lowest BCUT2D eigenvalue weighted by atomic mass is 9.80. The lowest BCUT2D eigenvalue weighted by molar-refractivity contribution is -0.141. The van der Waals surface area contributed by atoms with Gasteiger partial charge >= 0.3 is 17.9 Å². The fourth-order valence-corrected chi connectivity index (χ4v) is 8.90. The van der Waals surface area contributed by atoms with Crippen molar-refractivity contribution in [2.45, 2.75) is 120 Å². The normalized spacial score (nSPS) is 23.2. The van der Waals surface area contributed by atoms with Crippen LogP contribution in [0.2, 0.25) is 0 Å². The van der Waals surface area contributed by atoms with Crippen LogP contribution in [0.5, 0.6) is 11.5 Å². The van der Waals surface area contributed by atoms with Gasteiger partial charge in [-0.05, 0) is 75.3 Å². The molecule has 9 heteroatoms. The van der Waals surface area contributed by atoms with Crippen LogP contribution < -0.4 is 9.47 Å². The summed E-state index contributed by atoms with van der Waals surface area (Å²) in [5.74, 6) is 0.906. The van der Waals surface area contributed by atoms with Crippen LogP contribution in [0, 0.1) is 35.0 Å². The van der Waals surface area contributed by atoms with Gasteiger partial charge in [0.1, 0.15) is 11.5 Å². The highest BCUT2D eigenvalue weighted by Gasteiger charge is 2.34. The molecule has 0 amide bonds. The number of hydrogen-bond acceptors (Lipinski definition) is 9. The summed E-state index contributed by atoms with van der Waals surface area (Å²) in [4.78, 5) is 39.8. The van der Waals surface area contributed by atoms with E-state index in [1.807, 2.05) is 0 Å². The Hall–Kier alpha value is -2.44. The van der Waals surface area contributed by atoms with Gasteiger partial charge in [0.2, 0.25) is 0 Å². The molecule has 0 bridgehead atoms. The SMILES string of the molecule is CCCCC1CCC(C(=O)Oc2ccc(OC(=O)C3CCC(CCCC)CC3)c3c2SC(=C(C#N)CC(=O)OC)S3)CC1. The minimum absolute atomic E-state index is 0.137. The van der Waals surface area contributed by atoms with Crippen LogP contribution in [0.3, 0.4) is 0 Å². The fourth-order valence-electron chi connectivity index (χ4n) is 6.33. The summed E-state index contributed by atoms with van der Waals surface area (Å²) >= 11 is 2.55. The topological polar surface area (TPSA) is 103 Å². The van der Waals surface area contributed by atoms with Crippen molar-refractivity contribution in [3.05, 3.63) is 21.9 Å². The number of thioether (sulfide) groups is 2. The van der Waals surface area contributed by atoms with Crippen LogP contribution >= 0.6 is 23.5 Å². The zero-order valence-corrected chi connectivity index (χ0v) is 27.4. The first-order valence-electron chi connectivity index (χ1n) is 16.0. The van der Waals surface area contributed by atoms with Crippen molar-refractivity contribution in [1.82, 2.24) is 0 Å². The van der Waals surface area contributed by atoms with E-state index in [1.54, 1.807) is 12.1 Å². The maximum absolute atomic E-state index is 13.3. The third-order valence-corrected chi connectivity index (χ3v) is 11.8. The Kier molecular flexibility index (Phi) is 12.9. The fraction of sp³-hybridized carbons (Fsp3) is 0.647. The molecule has 1 aliphatic heterocycles. The molecule has 0 aromatic heterocycles. The zero-order valence-electron chi connectivity index (χ0n) is 25.8. The van der Waals surface area contributed by atoms with E-state index >= 15 is 0 Å². The summed E-state index contributed by atoms with van der Waals surface area (Å²) in [5, 5.41) is 9.82. The highest BCUT2D eigenvalue weighted by atomic mass is 32.2. The van der Waals surface area contributed by atoms with Crippen LogP contribution in [0.4, 0.5) is 0 Å². The van der Waals surface area contributed by atoms with Crippen LogP contribution in [0.1, 0.15) is 110 Å². The van der Waals surface area contributed by atoms with Gasteiger partial charge in [0.15, 0.2) is 0 Å². The van der Waals surface area contributed by atoms with E-state index in [9.17, 15) is 19.6 Å². The number of rotatable bonds is 12. The van der Waals surface area contributed by atoms with E-state index in [-0.39, 0.29) is 35.8 Å². The highest BCUT2D eigenvalue weighted by molar-refractivity contribution is 8.24. The molecule has 1 aromatic carbocycles. The van der Waals surface area contributed by atoms with Gasteiger partial charge in [-0.15, -0.1) is 0 Å². The first-order valence-corrected chi connectivity index (χ1v) is 17.7. The second-order valence-electron chi connectivity index (χ2n) is 12.1. The minimum Gasteiger partial charge on any atom is -0.469 e. The Balaban J connectivity index is 1.50. The van der Waals surface area contributed by atoms with Gasteiger partial charge < -0.3 is 14.2 Å². The average Bonchev–Trinajstić information content (AvgIpc) is 3.49. The number of nitrogens with zero attached hydrogens (tertiary/aromatic N) is 1. The Morgan fingerprint density at radius 2 is 1.23 bits per heavy atom. The van der Waals surface area contributed by atoms with Crippen LogP contribution in [-0.2, 0) is 19.1 Å². The van der Waals surface area contributed by atoms with Gasteiger partial charge in [0.25, 0.3) is 0 Å². The van der Waals surface area contributed by atoms with E-state index < -0.39 is 5.97 Å². The molecule has 43 heavy (non-hydrogen) atoms. The molecule has 0 N–H and O–H groups in total. The predicted octanol–water partition coefficient (Wildman–Crippen LogP) is 8.99. The quantitative estimate of drug-likeness (QED) is 0.128. The average molecular weight is 628 g/mol. The third-order valence-electron chi connectivity index (χ3n) is 9.07. The zero-order chi connectivity index (χ0) is 30.8. The summed E-state index contributed by atoms with van der Waals surface area (Å²) in [5.41, 5.74) is 0.267. The third kappa shape index (κ3) is 9.04. The first-order chi connectivity index (χ1) is 20.9. The van der Waals surface area contributed by atoms with Gasteiger partial charge in [0, 0.05) is 0 Å². The molecule has 2 aliphatic carbocycles. The van der Waals surface area contributed by atoms with Crippen LogP contribution in [0.15, 0.2) is 31.7 Å². The van der Waals surface area contributed by atoms with Crippen LogP contribution in [-0.4, -0.2) is 25.0 Å². The number of fused-ring (bicyclic) bond motifs is 1. The summed E-state index contributed by atoms with van der Waals surface area (Å²) < 4.78 is 17.4. The lowest BCUT2D eigenvalue weighted by Crippen LogP contribution is -2.26. The maximum atomic E-state index is 13.3. The first kappa shape index (κ1) is 33.5. The van der Waals surface area contributed by atoms with E-state index in [4.69, 9.17) is 14.2 Å². The van der Waals surface area contributed by atoms with Crippen molar-refractivity contribution in [2.24, 2.45) is 23.7 Å². The second-order valence-corrected chi connectivity index (χ2v) is 14.4. The van der Waals surface area contributed by atoms with Crippen molar-refractivity contribution in [1.29, 1.82) is 5.26 Å².